The molecule has 2 bridgehead atoms. The molecule has 1 aromatic rings. The molecule has 2 aliphatic rings. The number of nitrogens with zero attached hydrogens (tertiary/aromatic N) is 1. The van der Waals surface area contributed by atoms with Crippen LogP contribution in [0.15, 0.2) is 43.0 Å². The molecule has 0 aromatic heterocycles. The van der Waals surface area contributed by atoms with Gasteiger partial charge in [-0.1, -0.05) is 36.4 Å². The lowest BCUT2D eigenvalue weighted by Gasteiger charge is -2.33. The van der Waals surface area contributed by atoms with Crippen molar-refractivity contribution < 1.29 is 0 Å². The molecule has 1 N–H and O–H groups in total. The van der Waals surface area contributed by atoms with Gasteiger partial charge in [-0.15, -0.1) is 6.58 Å². The summed E-state index contributed by atoms with van der Waals surface area (Å²) in [4.78, 5) is 2.59. The van der Waals surface area contributed by atoms with Crippen LogP contribution in [0.1, 0.15) is 18.0 Å². The summed E-state index contributed by atoms with van der Waals surface area (Å²) in [5.41, 5.74) is 1.37. The van der Waals surface area contributed by atoms with Gasteiger partial charge in [0.05, 0.1) is 6.04 Å². The predicted molar refractivity (Wildman–Crippen MR) is 66.3 cm³/mol. The summed E-state index contributed by atoms with van der Waals surface area (Å²) in [6.07, 6.45) is 3.38. The topological polar surface area (TPSA) is 15.3 Å². The molecular formula is C14H18N2. The monoisotopic (exact) mass is 214 g/mol. The van der Waals surface area contributed by atoms with Crippen molar-refractivity contribution in [1.82, 2.24) is 10.2 Å². The first-order valence-corrected chi connectivity index (χ1v) is 6.05. The first-order chi connectivity index (χ1) is 7.88. The molecular weight excluding hydrogens is 196 g/mol. The zero-order chi connectivity index (χ0) is 11.0. The molecule has 16 heavy (non-hydrogen) atoms. The molecule has 3 unspecified atom stereocenters. The molecule has 2 fully saturated rings. The molecule has 0 saturated carbocycles. The smallest absolute Gasteiger partial charge is 0.0532 e. The molecule has 3 rings (SSSR count). The van der Waals surface area contributed by atoms with Crippen molar-refractivity contribution in [1.29, 1.82) is 0 Å². The molecule has 0 amide bonds. The second kappa shape index (κ2) is 4.04. The van der Waals surface area contributed by atoms with E-state index in [9.17, 15) is 0 Å². The van der Waals surface area contributed by atoms with Gasteiger partial charge in [0.1, 0.15) is 0 Å². The van der Waals surface area contributed by atoms with Crippen LogP contribution in [0.5, 0.6) is 0 Å². The van der Waals surface area contributed by atoms with Crippen LogP contribution in [0.4, 0.5) is 0 Å². The van der Waals surface area contributed by atoms with Gasteiger partial charge in [-0.05, 0) is 12.0 Å². The third-order valence-corrected chi connectivity index (χ3v) is 3.82. The lowest BCUT2D eigenvalue weighted by Crippen LogP contribution is -2.44. The van der Waals surface area contributed by atoms with Crippen molar-refractivity contribution in [3.63, 3.8) is 0 Å². The Balaban J connectivity index is 1.84. The minimum atomic E-state index is 0.387. The minimum absolute atomic E-state index is 0.387. The Morgan fingerprint density at radius 3 is 2.75 bits per heavy atom. The van der Waals surface area contributed by atoms with Crippen molar-refractivity contribution in [2.24, 2.45) is 0 Å². The number of piperazine rings is 1. The summed E-state index contributed by atoms with van der Waals surface area (Å²) in [5.74, 6) is 0. The number of hydrogen-bond acceptors (Lipinski definition) is 2. The Morgan fingerprint density at radius 2 is 2.19 bits per heavy atom. The highest BCUT2D eigenvalue weighted by Crippen LogP contribution is 2.32. The van der Waals surface area contributed by atoms with Crippen LogP contribution < -0.4 is 5.32 Å². The van der Waals surface area contributed by atoms with E-state index < -0.39 is 0 Å². The molecule has 0 radical (unpaired) electrons. The summed E-state index contributed by atoms with van der Waals surface area (Å²) in [7, 11) is 0. The van der Waals surface area contributed by atoms with Crippen molar-refractivity contribution in [3.8, 4) is 0 Å². The molecule has 2 heteroatoms. The molecule has 0 spiro atoms. The van der Waals surface area contributed by atoms with Crippen LogP contribution in [0, 0.1) is 0 Å². The second-order valence-corrected chi connectivity index (χ2v) is 4.78. The highest BCUT2D eigenvalue weighted by atomic mass is 15.3. The molecule has 0 aliphatic carbocycles. The van der Waals surface area contributed by atoms with Crippen LogP contribution in [-0.4, -0.2) is 30.1 Å². The number of hydrogen-bond donors (Lipinski definition) is 1. The minimum Gasteiger partial charge on any atom is -0.311 e. The number of nitrogens with one attached hydrogen (secondary N) is 1. The molecule has 1 aromatic carbocycles. The van der Waals surface area contributed by atoms with Gasteiger partial charge in [0, 0.05) is 25.2 Å². The van der Waals surface area contributed by atoms with Gasteiger partial charge in [-0.2, -0.15) is 0 Å². The summed E-state index contributed by atoms with van der Waals surface area (Å²) in [6.45, 7) is 6.31. The molecule has 2 aliphatic heterocycles. The van der Waals surface area contributed by atoms with E-state index in [1.165, 1.54) is 12.0 Å². The van der Waals surface area contributed by atoms with E-state index in [0.717, 1.165) is 13.1 Å². The number of rotatable bonds is 3. The van der Waals surface area contributed by atoms with E-state index in [1.54, 1.807) is 0 Å². The van der Waals surface area contributed by atoms with Gasteiger partial charge < -0.3 is 5.32 Å². The number of likely N-dealkylation sites (tertiary alicyclic amines) is 1. The van der Waals surface area contributed by atoms with Crippen LogP contribution in [0.3, 0.4) is 0 Å². The van der Waals surface area contributed by atoms with E-state index in [1.807, 2.05) is 0 Å². The van der Waals surface area contributed by atoms with Crippen molar-refractivity contribution in [3.05, 3.63) is 48.6 Å². The van der Waals surface area contributed by atoms with Crippen LogP contribution in [-0.2, 0) is 0 Å². The largest absolute Gasteiger partial charge is 0.311 e. The lowest BCUT2D eigenvalue weighted by atomic mass is 10.0. The van der Waals surface area contributed by atoms with Crippen molar-refractivity contribution in [2.75, 3.05) is 13.1 Å². The molecule has 3 atom stereocenters. The zero-order valence-electron chi connectivity index (χ0n) is 9.47. The third kappa shape index (κ3) is 1.58. The Hall–Kier alpha value is -1.12. The standard InChI is InChI=1S/C14H18N2/c1-2-14(11-6-4-3-5-7-11)16-10-12-8-13(16)9-15-12/h2-7,12-15H,1,8-10H2. The Labute approximate surface area is 97.0 Å². The Bertz CT molecular complexity index is 374. The number of benzene rings is 1. The van der Waals surface area contributed by atoms with Gasteiger partial charge in [0.2, 0.25) is 0 Å². The maximum Gasteiger partial charge on any atom is 0.0532 e. The summed E-state index contributed by atoms with van der Waals surface area (Å²) < 4.78 is 0. The van der Waals surface area contributed by atoms with E-state index in [-0.39, 0.29) is 0 Å². The summed E-state index contributed by atoms with van der Waals surface area (Å²) in [5, 5.41) is 3.54. The highest BCUT2D eigenvalue weighted by Gasteiger charge is 2.40. The highest BCUT2D eigenvalue weighted by molar-refractivity contribution is 5.24. The second-order valence-electron chi connectivity index (χ2n) is 4.78. The average Bonchev–Trinajstić information content (AvgIpc) is 2.94. The summed E-state index contributed by atoms with van der Waals surface area (Å²) in [6, 6.07) is 12.5. The quantitative estimate of drug-likeness (QED) is 0.774. The van der Waals surface area contributed by atoms with Gasteiger partial charge in [-0.3, -0.25) is 4.90 Å². The van der Waals surface area contributed by atoms with Gasteiger partial charge in [-0.25, -0.2) is 0 Å². The Kier molecular flexibility index (Phi) is 2.54. The first kappa shape index (κ1) is 10.1. The SMILES string of the molecule is C=CC(c1ccccc1)N1CC2CC1CN2. The van der Waals surface area contributed by atoms with Gasteiger partial charge in [0.15, 0.2) is 0 Å². The summed E-state index contributed by atoms with van der Waals surface area (Å²) >= 11 is 0. The van der Waals surface area contributed by atoms with Gasteiger partial charge in [0.25, 0.3) is 0 Å². The van der Waals surface area contributed by atoms with Gasteiger partial charge >= 0.3 is 0 Å². The van der Waals surface area contributed by atoms with Crippen molar-refractivity contribution in [2.45, 2.75) is 24.5 Å². The van der Waals surface area contributed by atoms with Crippen molar-refractivity contribution >= 4 is 0 Å². The normalized spacial score (nSPS) is 30.5. The van der Waals surface area contributed by atoms with E-state index in [4.69, 9.17) is 0 Å². The fourth-order valence-corrected chi connectivity index (χ4v) is 3.05. The fourth-order valence-electron chi connectivity index (χ4n) is 3.05. The predicted octanol–water partition coefficient (Wildman–Crippen LogP) is 1.96. The van der Waals surface area contributed by atoms with Crippen LogP contribution >= 0.6 is 0 Å². The molecule has 2 nitrogen and oxygen atoms in total. The third-order valence-electron chi connectivity index (χ3n) is 3.82. The fraction of sp³-hybridized carbons (Fsp3) is 0.429. The van der Waals surface area contributed by atoms with Crippen LogP contribution in [0.25, 0.3) is 0 Å². The average molecular weight is 214 g/mol. The van der Waals surface area contributed by atoms with E-state index in [0.29, 0.717) is 18.1 Å². The maximum atomic E-state index is 4.00. The van der Waals surface area contributed by atoms with E-state index >= 15 is 0 Å². The molecule has 84 valence electrons. The van der Waals surface area contributed by atoms with Crippen LogP contribution in [0.2, 0.25) is 0 Å². The number of fused-ring (bicyclic) bond motifs is 2. The first-order valence-electron chi connectivity index (χ1n) is 6.05. The zero-order valence-corrected chi connectivity index (χ0v) is 9.47. The molecule has 2 saturated heterocycles. The van der Waals surface area contributed by atoms with E-state index in [2.05, 4.69) is 53.2 Å². The molecule has 2 heterocycles. The lowest BCUT2D eigenvalue weighted by molar-refractivity contribution is 0.188. The maximum absolute atomic E-state index is 4.00. The Morgan fingerprint density at radius 1 is 1.38 bits per heavy atom.